The van der Waals surface area contributed by atoms with E-state index < -0.39 is 48.2 Å². The molecule has 1 aliphatic rings. The molecule has 0 bridgehead atoms. The van der Waals surface area contributed by atoms with Gasteiger partial charge in [-0.1, -0.05) is 0 Å². The summed E-state index contributed by atoms with van der Waals surface area (Å²) in [7, 11) is 0. The predicted octanol–water partition coefficient (Wildman–Crippen LogP) is 2.97. The summed E-state index contributed by atoms with van der Waals surface area (Å²) in [6, 6.07) is 5.29. The predicted molar refractivity (Wildman–Crippen MR) is 95.1 cm³/mol. The van der Waals surface area contributed by atoms with Crippen molar-refractivity contribution >= 4 is 17.6 Å². The van der Waals surface area contributed by atoms with Crippen molar-refractivity contribution in [2.75, 3.05) is 18.8 Å². The fourth-order valence-corrected chi connectivity index (χ4v) is 2.73. The lowest BCUT2D eigenvalue weighted by molar-refractivity contribution is -0.117. The van der Waals surface area contributed by atoms with Crippen molar-refractivity contribution in [3.8, 4) is 5.75 Å². The van der Waals surface area contributed by atoms with Crippen molar-refractivity contribution in [1.29, 1.82) is 0 Å². The van der Waals surface area contributed by atoms with Crippen LogP contribution in [0.3, 0.4) is 0 Å². The summed E-state index contributed by atoms with van der Waals surface area (Å²) < 4.78 is 64.6. The van der Waals surface area contributed by atoms with E-state index in [0.717, 1.165) is 25.3 Å². The number of carbonyl (C=O) groups is 1. The number of hydrogen-bond acceptors (Lipinski definition) is 6. The highest BCUT2D eigenvalue weighted by atomic mass is 19.3. The van der Waals surface area contributed by atoms with Gasteiger partial charge in [0.05, 0.1) is 6.20 Å². The molecule has 1 aromatic carbocycles. The minimum atomic E-state index is -3.55. The number of aromatic nitrogens is 1. The number of nitrogens with two attached hydrogens (primary N) is 1. The number of nitrogens with one attached hydrogen (secondary N) is 1. The molecule has 0 saturated carbocycles. The maximum Gasteiger partial charge on any atom is 0.310 e. The second kappa shape index (κ2) is 7.57. The third kappa shape index (κ3) is 3.93. The van der Waals surface area contributed by atoms with Crippen molar-refractivity contribution in [2.24, 2.45) is 10.7 Å². The standard InChI is InChI=1S/C18H16F4N4O3/c1-17(18(21,22)8-28-16(23)26-17)12-6-10(2-4-13(12)20)25-15(27)14-5-3-11(7-24-14)29-9-19/h2-7H,8-9H2,1H3,(H2,23,26)(H,25,27)/t17-/m1/s1. The quantitative estimate of drug-likeness (QED) is 0.736. The van der Waals surface area contributed by atoms with Crippen LogP contribution in [0.4, 0.5) is 23.2 Å². The molecule has 154 valence electrons. The van der Waals surface area contributed by atoms with Gasteiger partial charge in [0.1, 0.15) is 17.3 Å². The SMILES string of the molecule is C[C@]1(c2cc(NC(=O)c3ccc(OCF)cn3)ccc2F)N=C(N)OCC1(F)F. The number of amidine groups is 1. The minimum Gasteiger partial charge on any atom is -0.461 e. The highest BCUT2D eigenvalue weighted by Crippen LogP contribution is 2.44. The third-order valence-electron chi connectivity index (χ3n) is 4.39. The van der Waals surface area contributed by atoms with E-state index in [1.807, 2.05) is 0 Å². The summed E-state index contributed by atoms with van der Waals surface area (Å²) in [5, 5.41) is 2.43. The molecule has 2 heterocycles. The molecule has 29 heavy (non-hydrogen) atoms. The zero-order valence-corrected chi connectivity index (χ0v) is 15.1. The molecule has 7 nitrogen and oxygen atoms in total. The maximum atomic E-state index is 14.5. The number of aliphatic imine (C=N–C) groups is 1. The van der Waals surface area contributed by atoms with Crippen LogP contribution in [-0.4, -0.2) is 36.3 Å². The van der Waals surface area contributed by atoms with Gasteiger partial charge >= 0.3 is 5.92 Å². The second-order valence-electron chi connectivity index (χ2n) is 6.30. The molecule has 1 aliphatic heterocycles. The van der Waals surface area contributed by atoms with Gasteiger partial charge in [0.2, 0.25) is 6.86 Å². The van der Waals surface area contributed by atoms with Crippen LogP contribution in [0.25, 0.3) is 0 Å². The highest BCUT2D eigenvalue weighted by molar-refractivity contribution is 6.02. The largest absolute Gasteiger partial charge is 0.461 e. The molecule has 0 fully saturated rings. The number of hydrogen-bond donors (Lipinski definition) is 2. The molecule has 0 radical (unpaired) electrons. The van der Waals surface area contributed by atoms with Crippen molar-refractivity contribution in [1.82, 2.24) is 4.98 Å². The lowest BCUT2D eigenvalue weighted by atomic mass is 9.85. The molecule has 0 aliphatic carbocycles. The lowest BCUT2D eigenvalue weighted by Gasteiger charge is -2.37. The summed E-state index contributed by atoms with van der Waals surface area (Å²) in [6.07, 6.45) is 1.14. The average molecular weight is 412 g/mol. The molecule has 1 aromatic heterocycles. The van der Waals surface area contributed by atoms with Gasteiger partial charge in [0, 0.05) is 11.3 Å². The number of rotatable bonds is 5. The van der Waals surface area contributed by atoms with Crippen LogP contribution in [0.1, 0.15) is 23.0 Å². The van der Waals surface area contributed by atoms with E-state index in [1.54, 1.807) is 0 Å². The number of benzene rings is 1. The van der Waals surface area contributed by atoms with Gasteiger partial charge in [0.15, 0.2) is 12.1 Å². The number of nitrogens with zero attached hydrogens (tertiary/aromatic N) is 2. The second-order valence-corrected chi connectivity index (χ2v) is 6.30. The Labute approximate surface area is 162 Å². The Morgan fingerprint density at radius 1 is 1.34 bits per heavy atom. The molecule has 3 rings (SSSR count). The van der Waals surface area contributed by atoms with Gasteiger partial charge in [-0.15, -0.1) is 0 Å². The Kier molecular flexibility index (Phi) is 5.31. The van der Waals surface area contributed by atoms with Crippen LogP contribution < -0.4 is 15.8 Å². The van der Waals surface area contributed by atoms with Gasteiger partial charge in [0.25, 0.3) is 11.9 Å². The van der Waals surface area contributed by atoms with E-state index in [4.69, 9.17) is 5.73 Å². The molecule has 0 spiro atoms. The Bertz CT molecular complexity index is 953. The Hall–Kier alpha value is -3.37. The van der Waals surface area contributed by atoms with Crippen LogP contribution in [0, 0.1) is 5.82 Å². The first-order chi connectivity index (χ1) is 13.7. The first-order valence-electron chi connectivity index (χ1n) is 8.28. The van der Waals surface area contributed by atoms with E-state index in [-0.39, 0.29) is 17.1 Å². The van der Waals surface area contributed by atoms with E-state index in [0.29, 0.717) is 0 Å². The molecule has 3 N–H and O–H groups in total. The monoisotopic (exact) mass is 412 g/mol. The smallest absolute Gasteiger partial charge is 0.310 e. The fourth-order valence-electron chi connectivity index (χ4n) is 2.73. The third-order valence-corrected chi connectivity index (χ3v) is 4.39. The average Bonchev–Trinajstić information content (AvgIpc) is 2.67. The Balaban J connectivity index is 1.89. The first kappa shape index (κ1) is 20.4. The van der Waals surface area contributed by atoms with E-state index in [9.17, 15) is 22.4 Å². The minimum absolute atomic E-state index is 0.0366. The topological polar surface area (TPSA) is 98.8 Å². The van der Waals surface area contributed by atoms with Gasteiger partial charge in [-0.3, -0.25) is 4.79 Å². The number of carbonyl (C=O) groups excluding carboxylic acids is 1. The number of alkyl halides is 3. The Morgan fingerprint density at radius 2 is 2.10 bits per heavy atom. The summed E-state index contributed by atoms with van der Waals surface area (Å²) in [4.78, 5) is 19.8. The van der Waals surface area contributed by atoms with Crippen LogP contribution >= 0.6 is 0 Å². The summed E-state index contributed by atoms with van der Waals surface area (Å²) >= 11 is 0. The van der Waals surface area contributed by atoms with Gasteiger partial charge < -0.3 is 20.5 Å². The molecule has 1 amide bonds. The van der Waals surface area contributed by atoms with Crippen LogP contribution in [0.2, 0.25) is 0 Å². The Morgan fingerprint density at radius 3 is 2.76 bits per heavy atom. The van der Waals surface area contributed by atoms with Crippen molar-refractivity contribution < 1.29 is 31.8 Å². The summed E-state index contributed by atoms with van der Waals surface area (Å²) in [5.41, 5.74) is 2.60. The van der Waals surface area contributed by atoms with E-state index in [1.165, 1.54) is 18.2 Å². The summed E-state index contributed by atoms with van der Waals surface area (Å²) in [6.45, 7) is -1.09. The normalized spacial score (nSPS) is 20.4. The molecule has 0 unspecified atom stereocenters. The number of ether oxygens (including phenoxy) is 2. The number of anilines is 1. The molecule has 1 atom stereocenters. The van der Waals surface area contributed by atoms with Crippen LogP contribution in [-0.2, 0) is 10.3 Å². The molecule has 2 aromatic rings. The summed E-state index contributed by atoms with van der Waals surface area (Å²) in [5.74, 6) is -5.07. The van der Waals surface area contributed by atoms with E-state index >= 15 is 0 Å². The number of pyridine rings is 1. The van der Waals surface area contributed by atoms with E-state index in [2.05, 4.69) is 24.8 Å². The van der Waals surface area contributed by atoms with Crippen LogP contribution in [0.15, 0.2) is 41.5 Å². The zero-order valence-electron chi connectivity index (χ0n) is 15.1. The van der Waals surface area contributed by atoms with Gasteiger partial charge in [-0.25, -0.2) is 18.8 Å². The molecule has 11 heteroatoms. The van der Waals surface area contributed by atoms with Gasteiger partial charge in [-0.05, 0) is 37.3 Å². The zero-order chi connectivity index (χ0) is 21.2. The first-order valence-corrected chi connectivity index (χ1v) is 8.28. The molecule has 0 saturated heterocycles. The van der Waals surface area contributed by atoms with Crippen LogP contribution in [0.5, 0.6) is 5.75 Å². The van der Waals surface area contributed by atoms with Crippen molar-refractivity contribution in [3.05, 3.63) is 53.6 Å². The molecular weight excluding hydrogens is 396 g/mol. The number of halogens is 4. The maximum absolute atomic E-state index is 14.5. The fraction of sp³-hybridized carbons (Fsp3) is 0.278. The lowest BCUT2D eigenvalue weighted by Crippen LogP contribution is -2.51. The molecular formula is C18H16F4N4O3. The number of amides is 1. The van der Waals surface area contributed by atoms with Gasteiger partial charge in [-0.2, -0.15) is 8.78 Å². The van der Waals surface area contributed by atoms with Crippen molar-refractivity contribution in [2.45, 2.75) is 18.4 Å². The highest BCUT2D eigenvalue weighted by Gasteiger charge is 2.56. The van der Waals surface area contributed by atoms with Crippen molar-refractivity contribution in [3.63, 3.8) is 0 Å².